The van der Waals surface area contributed by atoms with Crippen molar-refractivity contribution in [2.75, 3.05) is 25.5 Å². The molecule has 32 heavy (non-hydrogen) atoms. The zero-order valence-electron chi connectivity index (χ0n) is 18.4. The van der Waals surface area contributed by atoms with Gasteiger partial charge >= 0.3 is 0 Å². The van der Waals surface area contributed by atoms with Gasteiger partial charge in [-0.1, -0.05) is 54.6 Å². The molecule has 6 heteroatoms. The van der Waals surface area contributed by atoms with Gasteiger partial charge in [-0.25, -0.2) is 0 Å². The van der Waals surface area contributed by atoms with E-state index in [1.165, 1.54) is 11.1 Å². The highest BCUT2D eigenvalue weighted by Crippen LogP contribution is 2.56. The van der Waals surface area contributed by atoms with E-state index >= 15 is 0 Å². The number of carbonyl (C=O) groups excluding carboxylic acids is 1. The summed E-state index contributed by atoms with van der Waals surface area (Å²) in [4.78, 5) is 17.9. The van der Waals surface area contributed by atoms with E-state index in [4.69, 9.17) is 4.74 Å². The highest BCUT2D eigenvalue weighted by molar-refractivity contribution is 5.83. The maximum Gasteiger partial charge on any atom is 0.240 e. The molecule has 2 aromatic carbocycles. The number of nitrogens with one attached hydrogen (secondary N) is 2. The molecule has 5 aliphatic heterocycles. The van der Waals surface area contributed by atoms with Crippen LogP contribution in [0.1, 0.15) is 17.5 Å². The van der Waals surface area contributed by atoms with Crippen molar-refractivity contribution in [2.45, 2.75) is 48.8 Å². The summed E-state index contributed by atoms with van der Waals surface area (Å²) in [5, 5.41) is 7.49. The quantitative estimate of drug-likeness (QED) is 0.714. The Morgan fingerprint density at radius 1 is 1.22 bits per heavy atom. The van der Waals surface area contributed by atoms with Crippen molar-refractivity contribution in [2.24, 2.45) is 0 Å². The number of anilines is 1. The third kappa shape index (κ3) is 2.73. The highest BCUT2D eigenvalue weighted by Gasteiger charge is 2.68. The lowest BCUT2D eigenvalue weighted by atomic mass is 9.68. The van der Waals surface area contributed by atoms with E-state index in [2.05, 4.69) is 70.5 Å². The second kappa shape index (κ2) is 7.44. The largest absolute Gasteiger partial charge is 0.377 e. The second-order valence-corrected chi connectivity index (χ2v) is 9.48. The summed E-state index contributed by atoms with van der Waals surface area (Å²) < 4.78 is 6.76. The maximum absolute atomic E-state index is 13.6. The number of nitrogens with zero attached hydrogens (tertiary/aromatic N) is 2. The molecule has 7 rings (SSSR count). The van der Waals surface area contributed by atoms with Crippen molar-refractivity contribution in [3.63, 3.8) is 0 Å². The fourth-order valence-electron chi connectivity index (χ4n) is 6.38. The molecule has 166 valence electrons. The van der Waals surface area contributed by atoms with E-state index in [1.54, 1.807) is 0 Å². The van der Waals surface area contributed by atoms with Crippen LogP contribution in [0.5, 0.6) is 0 Å². The Balaban J connectivity index is 1.39. The maximum atomic E-state index is 13.6. The molecule has 4 fully saturated rings. The number of carbonyl (C=O) groups is 1. The molecule has 4 bridgehead atoms. The molecule has 1 amide bonds. The standard InChI is InChI=1S/C26H30N4O2/c1-3-13-27-24-22-14-20-25(31)30(15-17-9-5-4-6-10-17)16-21(29(20)2)23-26(24,32-22)18-11-7-8-12-19(18)28-23/h3-12,20-24,27-28H,1,13-16H2,2H3/t20-,21-,22?,23?,24?,26?/m0/s1. The number of amides is 1. The zero-order chi connectivity index (χ0) is 21.9. The number of hydrogen-bond donors (Lipinski definition) is 2. The van der Waals surface area contributed by atoms with E-state index < -0.39 is 5.60 Å². The Hall–Kier alpha value is -2.67. The zero-order valence-corrected chi connectivity index (χ0v) is 18.4. The summed E-state index contributed by atoms with van der Waals surface area (Å²) in [6, 6.07) is 19.0. The Labute approximate surface area is 189 Å². The van der Waals surface area contributed by atoms with Gasteiger partial charge in [-0.2, -0.15) is 0 Å². The van der Waals surface area contributed by atoms with E-state index in [9.17, 15) is 4.79 Å². The molecule has 6 nitrogen and oxygen atoms in total. The fraction of sp³-hybridized carbons (Fsp3) is 0.423. The summed E-state index contributed by atoms with van der Waals surface area (Å²) in [6.45, 7) is 5.95. The molecule has 0 aromatic heterocycles. The first-order chi connectivity index (χ1) is 15.6. The van der Waals surface area contributed by atoms with Crippen LogP contribution in [0.25, 0.3) is 0 Å². The van der Waals surface area contributed by atoms with Crippen molar-refractivity contribution in [3.05, 3.63) is 78.4 Å². The monoisotopic (exact) mass is 430 g/mol. The lowest BCUT2D eigenvalue weighted by Gasteiger charge is -2.63. The van der Waals surface area contributed by atoms with Gasteiger partial charge in [-0.15, -0.1) is 6.58 Å². The van der Waals surface area contributed by atoms with E-state index in [-0.39, 0.29) is 36.2 Å². The normalized spacial score (nSPS) is 35.1. The molecule has 1 spiro atoms. The number of fused-ring (bicyclic) bond motifs is 1. The molecule has 0 radical (unpaired) electrons. The predicted molar refractivity (Wildman–Crippen MR) is 124 cm³/mol. The van der Waals surface area contributed by atoms with E-state index in [1.807, 2.05) is 24.3 Å². The molecule has 4 unspecified atom stereocenters. The molecule has 4 saturated heterocycles. The van der Waals surface area contributed by atoms with Crippen LogP contribution in [-0.4, -0.2) is 66.1 Å². The molecule has 5 aliphatic rings. The van der Waals surface area contributed by atoms with Crippen molar-refractivity contribution < 1.29 is 9.53 Å². The number of benzene rings is 2. The summed E-state index contributed by atoms with van der Waals surface area (Å²) in [5.74, 6) is 0.202. The van der Waals surface area contributed by atoms with Crippen molar-refractivity contribution in [1.82, 2.24) is 15.1 Å². The number of ether oxygens (including phenoxy) is 1. The first-order valence-electron chi connectivity index (χ1n) is 11.6. The lowest BCUT2D eigenvalue weighted by molar-refractivity contribution is -0.270. The van der Waals surface area contributed by atoms with Gasteiger partial charge in [0.1, 0.15) is 5.60 Å². The first-order valence-corrected chi connectivity index (χ1v) is 11.6. The minimum absolute atomic E-state index is 0.0144. The molecule has 2 aromatic rings. The van der Waals surface area contributed by atoms with Crippen molar-refractivity contribution >= 4 is 11.6 Å². The van der Waals surface area contributed by atoms with E-state index in [0.717, 1.165) is 12.2 Å². The van der Waals surface area contributed by atoms with Crippen LogP contribution >= 0.6 is 0 Å². The van der Waals surface area contributed by atoms with Gasteiger partial charge in [0.05, 0.1) is 30.3 Å². The van der Waals surface area contributed by atoms with Gasteiger partial charge in [0, 0.05) is 30.9 Å². The molecule has 5 heterocycles. The van der Waals surface area contributed by atoms with Gasteiger partial charge in [0.2, 0.25) is 5.91 Å². The Kier molecular flexibility index (Phi) is 4.64. The Morgan fingerprint density at radius 3 is 2.81 bits per heavy atom. The fourth-order valence-corrected chi connectivity index (χ4v) is 6.38. The van der Waals surface area contributed by atoms with E-state index in [0.29, 0.717) is 19.5 Å². The first kappa shape index (κ1) is 20.0. The molecule has 0 aliphatic carbocycles. The summed E-state index contributed by atoms with van der Waals surface area (Å²) in [5.41, 5.74) is 3.10. The van der Waals surface area contributed by atoms with Crippen LogP contribution in [0.2, 0.25) is 0 Å². The average Bonchev–Trinajstić information content (AvgIpc) is 3.14. The summed E-state index contributed by atoms with van der Waals surface area (Å²) in [6.07, 6.45) is 2.58. The van der Waals surface area contributed by atoms with Crippen LogP contribution in [0.15, 0.2) is 67.3 Å². The minimum Gasteiger partial charge on any atom is -0.377 e. The molecular formula is C26H30N4O2. The number of hydrogen-bond acceptors (Lipinski definition) is 5. The topological polar surface area (TPSA) is 56.8 Å². The molecule has 6 atom stereocenters. The summed E-state index contributed by atoms with van der Waals surface area (Å²) >= 11 is 0. The van der Waals surface area contributed by atoms with Gasteiger partial charge < -0.3 is 20.3 Å². The number of piperazine rings is 1. The van der Waals surface area contributed by atoms with Crippen molar-refractivity contribution in [1.29, 1.82) is 0 Å². The number of likely N-dealkylation sites (N-methyl/N-ethyl adjacent to an activating group) is 1. The third-order valence-electron chi connectivity index (χ3n) is 7.86. The van der Waals surface area contributed by atoms with Gasteiger partial charge in [-0.05, 0) is 25.1 Å². The van der Waals surface area contributed by atoms with Crippen LogP contribution < -0.4 is 10.6 Å². The van der Waals surface area contributed by atoms with Crippen molar-refractivity contribution in [3.8, 4) is 0 Å². The number of para-hydroxylation sites is 1. The summed E-state index contributed by atoms with van der Waals surface area (Å²) in [7, 11) is 2.11. The average molecular weight is 431 g/mol. The minimum atomic E-state index is -0.438. The highest BCUT2D eigenvalue weighted by atomic mass is 16.5. The second-order valence-electron chi connectivity index (χ2n) is 9.48. The van der Waals surface area contributed by atoms with Gasteiger partial charge in [0.25, 0.3) is 0 Å². The molecule has 0 saturated carbocycles. The van der Waals surface area contributed by atoms with Crippen LogP contribution in [0.3, 0.4) is 0 Å². The smallest absolute Gasteiger partial charge is 0.240 e. The van der Waals surface area contributed by atoms with Gasteiger partial charge in [0.15, 0.2) is 0 Å². The lowest BCUT2D eigenvalue weighted by Crippen LogP contribution is -2.80. The van der Waals surface area contributed by atoms with Gasteiger partial charge in [-0.3, -0.25) is 9.69 Å². The van der Waals surface area contributed by atoms with Crippen LogP contribution in [-0.2, 0) is 21.7 Å². The number of rotatable bonds is 5. The Morgan fingerprint density at radius 2 is 2.00 bits per heavy atom. The molecule has 2 N–H and O–H groups in total. The predicted octanol–water partition coefficient (Wildman–Crippen LogP) is 2.33. The third-order valence-corrected chi connectivity index (χ3v) is 7.86. The van der Waals surface area contributed by atoms with Crippen LogP contribution in [0, 0.1) is 0 Å². The molecular weight excluding hydrogens is 400 g/mol. The Bertz CT molecular complexity index is 1040. The van der Waals surface area contributed by atoms with Crippen LogP contribution in [0.4, 0.5) is 5.69 Å². The SMILES string of the molecule is C=CCNC1C2C[C@H]3C(=O)N(Cc4ccccc4)C[C@@H](C4Nc5ccccc5C14O2)N3C.